The summed E-state index contributed by atoms with van der Waals surface area (Å²) in [6.45, 7) is 0. The van der Waals surface area contributed by atoms with E-state index in [2.05, 4.69) is 5.18 Å². The van der Waals surface area contributed by atoms with Crippen LogP contribution in [-0.4, -0.2) is 0 Å². The molecule has 0 spiro atoms. The Labute approximate surface area is 93.9 Å². The molecule has 0 saturated heterocycles. The summed E-state index contributed by atoms with van der Waals surface area (Å²) in [6, 6.07) is 15.1. The molecular weight excluding hydrogens is 200 g/mol. The predicted molar refractivity (Wildman–Crippen MR) is 65.6 cm³/mol. The number of nitrogens with two attached hydrogens (primary N) is 1. The van der Waals surface area contributed by atoms with Crippen molar-refractivity contribution in [1.29, 1.82) is 0 Å². The first-order valence-corrected chi connectivity index (χ1v) is 5.05. The van der Waals surface area contributed by atoms with Crippen LogP contribution in [0.25, 0.3) is 0 Å². The molecule has 0 aliphatic carbocycles. The summed E-state index contributed by atoms with van der Waals surface area (Å²) in [5.74, 6) is 0. The minimum Gasteiger partial charge on any atom is -0.398 e. The summed E-state index contributed by atoms with van der Waals surface area (Å²) in [5, 5.41) is 2.91. The van der Waals surface area contributed by atoms with Crippen LogP contribution in [0.3, 0.4) is 0 Å². The summed E-state index contributed by atoms with van der Waals surface area (Å²) in [7, 11) is 0. The van der Waals surface area contributed by atoms with Gasteiger partial charge in [-0.2, -0.15) is 0 Å². The van der Waals surface area contributed by atoms with Crippen LogP contribution in [0.15, 0.2) is 53.7 Å². The first kappa shape index (κ1) is 10.4. The molecule has 2 rings (SSSR count). The van der Waals surface area contributed by atoms with Crippen LogP contribution in [-0.2, 0) is 6.42 Å². The second-order valence-corrected chi connectivity index (χ2v) is 3.64. The van der Waals surface area contributed by atoms with Crippen LogP contribution < -0.4 is 5.73 Å². The summed E-state index contributed by atoms with van der Waals surface area (Å²) < 4.78 is 0. The quantitative estimate of drug-likeness (QED) is 0.627. The molecule has 0 aliphatic heterocycles. The van der Waals surface area contributed by atoms with Gasteiger partial charge in [-0.25, -0.2) is 0 Å². The molecule has 0 fully saturated rings. The third-order valence-corrected chi connectivity index (χ3v) is 2.47. The molecule has 0 amide bonds. The fourth-order valence-electron chi connectivity index (χ4n) is 1.62. The highest BCUT2D eigenvalue weighted by molar-refractivity contribution is 5.56. The van der Waals surface area contributed by atoms with Crippen molar-refractivity contribution in [2.24, 2.45) is 5.18 Å². The molecule has 2 aromatic carbocycles. The number of nitrogens with zero attached hydrogens (tertiary/aromatic N) is 1. The van der Waals surface area contributed by atoms with E-state index in [-0.39, 0.29) is 0 Å². The van der Waals surface area contributed by atoms with Gasteiger partial charge in [0, 0.05) is 5.69 Å². The molecule has 0 bridgehead atoms. The van der Waals surface area contributed by atoms with Crippen molar-refractivity contribution in [1.82, 2.24) is 0 Å². The molecule has 0 aliphatic rings. The lowest BCUT2D eigenvalue weighted by Gasteiger charge is -2.05. The number of hydrogen-bond acceptors (Lipinski definition) is 3. The molecule has 0 radical (unpaired) electrons. The Morgan fingerprint density at radius 2 is 1.81 bits per heavy atom. The molecule has 3 nitrogen and oxygen atoms in total. The number of nitroso groups, excluding NO2 is 1. The highest BCUT2D eigenvalue weighted by Gasteiger charge is 2.02. The van der Waals surface area contributed by atoms with Gasteiger partial charge in [-0.1, -0.05) is 30.3 Å². The zero-order chi connectivity index (χ0) is 11.4. The molecule has 0 heterocycles. The normalized spacial score (nSPS) is 10.0. The largest absolute Gasteiger partial charge is 0.398 e. The van der Waals surface area contributed by atoms with Crippen molar-refractivity contribution in [3.8, 4) is 0 Å². The van der Waals surface area contributed by atoms with Crippen LogP contribution in [0.1, 0.15) is 11.1 Å². The van der Waals surface area contributed by atoms with Crippen molar-refractivity contribution < 1.29 is 0 Å². The minimum absolute atomic E-state index is 0.417. The Hall–Kier alpha value is -2.16. The molecule has 0 saturated carbocycles. The van der Waals surface area contributed by atoms with Gasteiger partial charge in [-0.05, 0) is 40.9 Å². The Morgan fingerprint density at radius 1 is 1.06 bits per heavy atom. The van der Waals surface area contributed by atoms with Crippen molar-refractivity contribution in [3.63, 3.8) is 0 Å². The standard InChI is InChI=1S/C13H12N2O/c14-13-7-6-12(15-16)9-11(13)8-10-4-2-1-3-5-10/h1-7,9H,8,14H2. The monoisotopic (exact) mass is 212 g/mol. The first-order valence-electron chi connectivity index (χ1n) is 5.05. The Bertz CT molecular complexity index is 495. The zero-order valence-electron chi connectivity index (χ0n) is 8.76. The topological polar surface area (TPSA) is 55.4 Å². The average molecular weight is 212 g/mol. The van der Waals surface area contributed by atoms with Crippen molar-refractivity contribution in [2.45, 2.75) is 6.42 Å². The van der Waals surface area contributed by atoms with Crippen molar-refractivity contribution >= 4 is 11.4 Å². The summed E-state index contributed by atoms with van der Waals surface area (Å²) >= 11 is 0. The van der Waals surface area contributed by atoms with Gasteiger partial charge >= 0.3 is 0 Å². The zero-order valence-corrected chi connectivity index (χ0v) is 8.76. The second kappa shape index (κ2) is 4.57. The van der Waals surface area contributed by atoms with Gasteiger partial charge in [0.1, 0.15) is 5.69 Å². The predicted octanol–water partition coefficient (Wildman–Crippen LogP) is 3.26. The van der Waals surface area contributed by atoms with Gasteiger partial charge < -0.3 is 5.73 Å². The molecular formula is C13H12N2O. The summed E-state index contributed by atoms with van der Waals surface area (Å²) in [4.78, 5) is 10.4. The number of rotatable bonds is 3. The van der Waals surface area contributed by atoms with Crippen molar-refractivity contribution in [3.05, 3.63) is 64.6 Å². The number of hydrogen-bond donors (Lipinski definition) is 1. The summed E-state index contributed by atoms with van der Waals surface area (Å²) in [5.41, 5.74) is 9.05. The smallest absolute Gasteiger partial charge is 0.108 e. The second-order valence-electron chi connectivity index (χ2n) is 3.64. The lowest BCUT2D eigenvalue weighted by molar-refractivity contribution is 1.19. The van der Waals surface area contributed by atoms with E-state index in [0.29, 0.717) is 11.4 Å². The maximum absolute atomic E-state index is 10.4. The van der Waals surface area contributed by atoms with Crippen LogP contribution in [0.4, 0.5) is 11.4 Å². The van der Waals surface area contributed by atoms with Gasteiger partial charge in [0.05, 0.1) is 0 Å². The van der Waals surface area contributed by atoms with Crippen molar-refractivity contribution in [2.75, 3.05) is 5.73 Å². The molecule has 80 valence electrons. The van der Waals surface area contributed by atoms with E-state index in [1.807, 2.05) is 30.3 Å². The Kier molecular flexibility index (Phi) is 2.96. The van der Waals surface area contributed by atoms with E-state index in [9.17, 15) is 4.91 Å². The van der Waals surface area contributed by atoms with Gasteiger partial charge in [-0.3, -0.25) is 0 Å². The molecule has 16 heavy (non-hydrogen) atoms. The van der Waals surface area contributed by atoms with E-state index in [0.717, 1.165) is 17.5 Å². The maximum atomic E-state index is 10.4. The molecule has 0 aromatic heterocycles. The minimum atomic E-state index is 0.417. The number of nitrogen functional groups attached to an aromatic ring is 1. The first-order chi connectivity index (χ1) is 7.79. The van der Waals surface area contributed by atoms with Crippen LogP contribution in [0.2, 0.25) is 0 Å². The maximum Gasteiger partial charge on any atom is 0.108 e. The molecule has 2 aromatic rings. The molecule has 0 unspecified atom stereocenters. The van der Waals surface area contributed by atoms with Gasteiger partial charge in [-0.15, -0.1) is 4.91 Å². The van der Waals surface area contributed by atoms with Crippen LogP contribution >= 0.6 is 0 Å². The fourth-order valence-corrected chi connectivity index (χ4v) is 1.62. The number of anilines is 1. The van der Waals surface area contributed by atoms with Crippen LogP contribution in [0, 0.1) is 4.91 Å². The highest BCUT2D eigenvalue weighted by Crippen LogP contribution is 2.22. The van der Waals surface area contributed by atoms with Crippen LogP contribution in [0.5, 0.6) is 0 Å². The van der Waals surface area contributed by atoms with Gasteiger partial charge in [0.25, 0.3) is 0 Å². The average Bonchev–Trinajstić information content (AvgIpc) is 2.33. The van der Waals surface area contributed by atoms with E-state index in [1.165, 1.54) is 0 Å². The molecule has 0 atom stereocenters. The highest BCUT2D eigenvalue weighted by atomic mass is 16.3. The molecule has 3 heteroatoms. The van der Waals surface area contributed by atoms with Gasteiger partial charge in [0.15, 0.2) is 0 Å². The number of benzene rings is 2. The van der Waals surface area contributed by atoms with E-state index in [1.54, 1.807) is 18.2 Å². The third-order valence-electron chi connectivity index (χ3n) is 2.47. The SMILES string of the molecule is Nc1ccc(N=O)cc1Cc1ccccc1. The summed E-state index contributed by atoms with van der Waals surface area (Å²) in [6.07, 6.45) is 0.718. The van der Waals surface area contributed by atoms with Gasteiger partial charge in [0.2, 0.25) is 0 Å². The Morgan fingerprint density at radius 3 is 2.50 bits per heavy atom. The Balaban J connectivity index is 2.30. The van der Waals surface area contributed by atoms with E-state index < -0.39 is 0 Å². The molecule has 2 N–H and O–H groups in total. The fraction of sp³-hybridized carbons (Fsp3) is 0.0769. The lowest BCUT2D eigenvalue weighted by atomic mass is 10.0. The third kappa shape index (κ3) is 2.25. The van der Waals surface area contributed by atoms with E-state index >= 15 is 0 Å². The van der Waals surface area contributed by atoms with E-state index in [4.69, 9.17) is 5.73 Å². The lowest BCUT2D eigenvalue weighted by Crippen LogP contribution is -1.95.